The number of methoxy groups -OCH3 is 2. The predicted molar refractivity (Wildman–Crippen MR) is 106 cm³/mol. The maximum atomic E-state index is 12.7. The summed E-state index contributed by atoms with van der Waals surface area (Å²) in [7, 11) is 3.20. The van der Waals surface area contributed by atoms with Crippen molar-refractivity contribution in [3.63, 3.8) is 0 Å². The molecule has 2 aromatic rings. The monoisotopic (exact) mass is 398 g/mol. The van der Waals surface area contributed by atoms with Crippen molar-refractivity contribution in [1.29, 1.82) is 0 Å². The highest BCUT2D eigenvalue weighted by Gasteiger charge is 2.32. The summed E-state index contributed by atoms with van der Waals surface area (Å²) >= 11 is 0. The van der Waals surface area contributed by atoms with E-state index in [0.717, 1.165) is 5.56 Å². The molecular weight excluding hydrogens is 376 g/mol. The largest absolute Gasteiger partial charge is 0.497 e. The summed E-state index contributed by atoms with van der Waals surface area (Å²) in [6, 6.07) is 10.2. The van der Waals surface area contributed by atoms with Crippen LogP contribution in [-0.2, 0) is 9.59 Å². The molecule has 0 aliphatic carbocycles. The molecule has 9 heteroatoms. The SMILES string of the molecule is COc1ccc(C2CC(C(=O)Nc3ccc4c(c3)OCC(=O)N4)NN2)c(OC)c1. The normalized spacial score (nSPS) is 20.3. The van der Waals surface area contributed by atoms with Crippen molar-refractivity contribution >= 4 is 23.2 Å². The van der Waals surface area contributed by atoms with Crippen LogP contribution in [0.1, 0.15) is 18.0 Å². The van der Waals surface area contributed by atoms with E-state index in [-0.39, 0.29) is 24.5 Å². The maximum Gasteiger partial charge on any atom is 0.262 e. The van der Waals surface area contributed by atoms with Gasteiger partial charge >= 0.3 is 0 Å². The molecule has 0 radical (unpaired) electrons. The number of ether oxygens (including phenoxy) is 3. The molecule has 0 spiro atoms. The molecule has 4 N–H and O–H groups in total. The number of hydrazine groups is 1. The van der Waals surface area contributed by atoms with Crippen LogP contribution in [0.15, 0.2) is 36.4 Å². The van der Waals surface area contributed by atoms with Crippen molar-refractivity contribution in [1.82, 2.24) is 10.9 Å². The van der Waals surface area contributed by atoms with Gasteiger partial charge in [0.05, 0.1) is 25.9 Å². The summed E-state index contributed by atoms with van der Waals surface area (Å²) in [4.78, 5) is 24.0. The Hall–Kier alpha value is -3.30. The van der Waals surface area contributed by atoms with Gasteiger partial charge in [-0.3, -0.25) is 9.59 Å². The number of hydrogen-bond acceptors (Lipinski definition) is 7. The molecule has 1 fully saturated rings. The lowest BCUT2D eigenvalue weighted by Gasteiger charge is -2.19. The standard InChI is InChI=1S/C20H22N4O5/c1-27-12-4-5-13(17(8-12)28-2)15-9-16(24-23-15)20(26)21-11-3-6-14-18(7-11)29-10-19(25)22-14/h3-8,15-16,23-24H,9-10H2,1-2H3,(H,21,26)(H,22,25). The molecule has 4 rings (SSSR count). The minimum Gasteiger partial charge on any atom is -0.497 e. The van der Waals surface area contributed by atoms with Crippen molar-refractivity contribution in [2.24, 2.45) is 0 Å². The number of benzene rings is 2. The lowest BCUT2D eigenvalue weighted by Crippen LogP contribution is -2.39. The molecule has 2 heterocycles. The second-order valence-corrected chi connectivity index (χ2v) is 6.77. The van der Waals surface area contributed by atoms with Crippen LogP contribution >= 0.6 is 0 Å². The van der Waals surface area contributed by atoms with Gasteiger partial charge < -0.3 is 24.8 Å². The molecule has 2 unspecified atom stereocenters. The lowest BCUT2D eigenvalue weighted by atomic mass is 10.0. The molecule has 0 bridgehead atoms. The van der Waals surface area contributed by atoms with E-state index in [4.69, 9.17) is 14.2 Å². The summed E-state index contributed by atoms with van der Waals surface area (Å²) in [5.41, 5.74) is 8.31. The first-order valence-corrected chi connectivity index (χ1v) is 9.18. The average Bonchev–Trinajstić information content (AvgIpc) is 3.23. The van der Waals surface area contributed by atoms with E-state index in [2.05, 4.69) is 21.5 Å². The summed E-state index contributed by atoms with van der Waals surface area (Å²) in [5, 5.41) is 5.60. The van der Waals surface area contributed by atoms with Gasteiger partial charge in [-0.15, -0.1) is 0 Å². The van der Waals surface area contributed by atoms with Gasteiger partial charge in [-0.1, -0.05) is 6.07 Å². The minimum atomic E-state index is -0.427. The van der Waals surface area contributed by atoms with Crippen molar-refractivity contribution < 1.29 is 23.8 Å². The first-order chi connectivity index (χ1) is 14.1. The van der Waals surface area contributed by atoms with Gasteiger partial charge in [-0.25, -0.2) is 10.9 Å². The van der Waals surface area contributed by atoms with E-state index >= 15 is 0 Å². The third kappa shape index (κ3) is 3.96. The zero-order valence-electron chi connectivity index (χ0n) is 16.1. The van der Waals surface area contributed by atoms with Crippen LogP contribution in [0.3, 0.4) is 0 Å². The Morgan fingerprint density at radius 2 is 2.00 bits per heavy atom. The fourth-order valence-corrected chi connectivity index (χ4v) is 3.42. The third-order valence-corrected chi connectivity index (χ3v) is 4.92. The summed E-state index contributed by atoms with van der Waals surface area (Å²) < 4.78 is 16.1. The number of hydrogen-bond donors (Lipinski definition) is 4. The fraction of sp³-hybridized carbons (Fsp3) is 0.300. The van der Waals surface area contributed by atoms with Gasteiger partial charge in [0.1, 0.15) is 23.3 Å². The topological polar surface area (TPSA) is 110 Å². The van der Waals surface area contributed by atoms with Crippen LogP contribution in [0.4, 0.5) is 11.4 Å². The van der Waals surface area contributed by atoms with Crippen molar-refractivity contribution in [2.45, 2.75) is 18.5 Å². The van der Waals surface area contributed by atoms with E-state index in [1.807, 2.05) is 18.2 Å². The number of rotatable bonds is 5. The number of nitrogens with one attached hydrogen (secondary N) is 4. The van der Waals surface area contributed by atoms with Crippen LogP contribution in [0.25, 0.3) is 0 Å². The van der Waals surface area contributed by atoms with Crippen LogP contribution < -0.4 is 35.7 Å². The predicted octanol–water partition coefficient (Wildman–Crippen LogP) is 1.58. The van der Waals surface area contributed by atoms with Gasteiger partial charge in [-0.05, 0) is 24.6 Å². The zero-order chi connectivity index (χ0) is 20.4. The lowest BCUT2D eigenvalue weighted by molar-refractivity contribution is -0.119. The number of amides is 2. The quantitative estimate of drug-likeness (QED) is 0.605. The molecule has 1 saturated heterocycles. The molecule has 2 aromatic carbocycles. The highest BCUT2D eigenvalue weighted by Crippen LogP contribution is 2.34. The number of fused-ring (bicyclic) bond motifs is 1. The van der Waals surface area contributed by atoms with Gasteiger partial charge in [0, 0.05) is 23.4 Å². The van der Waals surface area contributed by atoms with Gasteiger partial charge in [0.25, 0.3) is 5.91 Å². The maximum absolute atomic E-state index is 12.7. The van der Waals surface area contributed by atoms with Crippen LogP contribution in [0.2, 0.25) is 0 Å². The Morgan fingerprint density at radius 1 is 1.14 bits per heavy atom. The molecule has 152 valence electrons. The van der Waals surface area contributed by atoms with Gasteiger partial charge in [-0.2, -0.15) is 0 Å². The van der Waals surface area contributed by atoms with E-state index < -0.39 is 6.04 Å². The Balaban J connectivity index is 1.42. The average molecular weight is 398 g/mol. The van der Waals surface area contributed by atoms with E-state index in [0.29, 0.717) is 35.0 Å². The second kappa shape index (κ2) is 7.98. The fourth-order valence-electron chi connectivity index (χ4n) is 3.42. The summed E-state index contributed by atoms with van der Waals surface area (Å²) in [6.45, 7) is -0.0378. The van der Waals surface area contributed by atoms with Crippen LogP contribution in [-0.4, -0.2) is 38.7 Å². The highest BCUT2D eigenvalue weighted by molar-refractivity contribution is 5.98. The molecule has 0 saturated carbocycles. The molecular formula is C20H22N4O5. The van der Waals surface area contributed by atoms with E-state index in [9.17, 15) is 9.59 Å². The summed E-state index contributed by atoms with van der Waals surface area (Å²) in [5.74, 6) is 1.55. The molecule has 2 atom stereocenters. The first-order valence-electron chi connectivity index (χ1n) is 9.18. The Labute approximate surface area is 167 Å². The molecule has 2 amide bonds. The molecule has 29 heavy (non-hydrogen) atoms. The number of carbonyl (C=O) groups excluding carboxylic acids is 2. The zero-order valence-corrected chi connectivity index (χ0v) is 16.1. The van der Waals surface area contributed by atoms with Crippen molar-refractivity contribution in [3.05, 3.63) is 42.0 Å². The Morgan fingerprint density at radius 3 is 2.79 bits per heavy atom. The van der Waals surface area contributed by atoms with Crippen LogP contribution in [0.5, 0.6) is 17.2 Å². The van der Waals surface area contributed by atoms with Crippen LogP contribution in [0, 0.1) is 0 Å². The molecule has 2 aliphatic rings. The number of anilines is 2. The summed E-state index contributed by atoms with van der Waals surface area (Å²) in [6.07, 6.45) is 0.548. The molecule has 0 aromatic heterocycles. The van der Waals surface area contributed by atoms with Gasteiger partial charge in [0.15, 0.2) is 6.61 Å². The highest BCUT2D eigenvalue weighted by atomic mass is 16.5. The van der Waals surface area contributed by atoms with E-state index in [1.165, 1.54) is 0 Å². The Bertz CT molecular complexity index is 948. The minimum absolute atomic E-state index is 0.0378. The van der Waals surface area contributed by atoms with Gasteiger partial charge in [0.2, 0.25) is 5.91 Å². The molecule has 2 aliphatic heterocycles. The third-order valence-electron chi connectivity index (χ3n) is 4.92. The van der Waals surface area contributed by atoms with Crippen molar-refractivity contribution in [2.75, 3.05) is 31.5 Å². The second-order valence-electron chi connectivity index (χ2n) is 6.77. The smallest absolute Gasteiger partial charge is 0.262 e. The first kappa shape index (κ1) is 19.0. The number of carbonyl (C=O) groups is 2. The molecule has 9 nitrogen and oxygen atoms in total. The van der Waals surface area contributed by atoms with Crippen molar-refractivity contribution in [3.8, 4) is 17.2 Å². The Kier molecular flexibility index (Phi) is 5.24. The van der Waals surface area contributed by atoms with E-state index in [1.54, 1.807) is 32.4 Å².